The van der Waals surface area contributed by atoms with Crippen LogP contribution in [0.4, 0.5) is 0 Å². The highest BCUT2D eigenvalue weighted by molar-refractivity contribution is 5.91. The number of nitriles is 2. The van der Waals surface area contributed by atoms with Crippen LogP contribution in [0.1, 0.15) is 49.4 Å². The van der Waals surface area contributed by atoms with E-state index in [1.807, 2.05) is 62.2 Å². The van der Waals surface area contributed by atoms with Gasteiger partial charge in [-0.3, -0.25) is 4.79 Å². The van der Waals surface area contributed by atoms with Crippen molar-refractivity contribution in [3.05, 3.63) is 59.3 Å². The van der Waals surface area contributed by atoms with Gasteiger partial charge < -0.3 is 19.1 Å². The van der Waals surface area contributed by atoms with Gasteiger partial charge in [0.15, 0.2) is 22.7 Å². The number of methoxy groups -OCH3 is 3. The molecule has 0 unspecified atom stereocenters. The number of hydrogen-bond acceptors (Lipinski definition) is 7. The summed E-state index contributed by atoms with van der Waals surface area (Å²) in [5, 5.41) is 21.3. The third-order valence-electron chi connectivity index (χ3n) is 7.00. The molecule has 0 amide bonds. The van der Waals surface area contributed by atoms with Crippen molar-refractivity contribution < 1.29 is 19.0 Å². The molecule has 3 atom stereocenters. The van der Waals surface area contributed by atoms with E-state index in [1.165, 1.54) is 21.3 Å². The number of carbonyl (C=O) groups is 1. The van der Waals surface area contributed by atoms with Crippen LogP contribution in [-0.2, 0) is 4.79 Å². The molecule has 1 fully saturated rings. The van der Waals surface area contributed by atoms with Gasteiger partial charge in [0, 0.05) is 17.5 Å². The zero-order valence-corrected chi connectivity index (χ0v) is 20.8. The normalized spacial score (nSPS) is 21.8. The molecule has 0 bridgehead atoms. The molecule has 1 saturated heterocycles. The quantitative estimate of drug-likeness (QED) is 0.615. The van der Waals surface area contributed by atoms with Gasteiger partial charge in [-0.2, -0.15) is 10.5 Å². The van der Waals surface area contributed by atoms with E-state index in [0.29, 0.717) is 22.8 Å². The first-order valence-corrected chi connectivity index (χ1v) is 11.4. The molecular weight excluding hydrogens is 442 g/mol. The molecule has 2 aliphatic rings. The number of hydrogen-bond donors (Lipinski definition) is 0. The Balaban J connectivity index is 2.06. The summed E-state index contributed by atoms with van der Waals surface area (Å²) in [4.78, 5) is 15.9. The Hall–Kier alpha value is -3.97. The van der Waals surface area contributed by atoms with Crippen LogP contribution in [0.15, 0.2) is 42.6 Å². The highest BCUT2D eigenvalue weighted by Gasteiger charge is 2.64. The van der Waals surface area contributed by atoms with Crippen LogP contribution in [-0.4, -0.2) is 38.1 Å². The Kier molecular flexibility index (Phi) is 5.99. The molecule has 35 heavy (non-hydrogen) atoms. The van der Waals surface area contributed by atoms with E-state index in [1.54, 1.807) is 12.1 Å². The summed E-state index contributed by atoms with van der Waals surface area (Å²) in [6, 6.07) is 14.5. The molecule has 2 aliphatic heterocycles. The van der Waals surface area contributed by atoms with Gasteiger partial charge in [-0.1, -0.05) is 45.0 Å². The molecule has 0 N–H and O–H groups in total. The van der Waals surface area contributed by atoms with Gasteiger partial charge >= 0.3 is 0 Å². The SMILES string of the molecule is COc1cc([C@@H]2[C@@H](C(=O)C(C)(C)C)N3C=Cc4ccccc4[C@H]3C2(C#N)C#N)cc(OC)c1OC. The maximum atomic E-state index is 14.0. The summed E-state index contributed by atoms with van der Waals surface area (Å²) in [5.74, 6) is 0.359. The maximum Gasteiger partial charge on any atom is 0.203 e. The summed E-state index contributed by atoms with van der Waals surface area (Å²) in [5.41, 5.74) is 0.109. The molecule has 2 aromatic carbocycles. The first-order valence-electron chi connectivity index (χ1n) is 11.4. The number of fused-ring (bicyclic) bond motifs is 3. The summed E-state index contributed by atoms with van der Waals surface area (Å²) >= 11 is 0. The molecule has 2 heterocycles. The van der Waals surface area contributed by atoms with Crippen LogP contribution in [0, 0.1) is 33.5 Å². The molecule has 0 radical (unpaired) electrons. The van der Waals surface area contributed by atoms with E-state index in [4.69, 9.17) is 14.2 Å². The molecule has 0 aliphatic carbocycles. The fourth-order valence-corrected chi connectivity index (χ4v) is 5.39. The molecule has 7 nitrogen and oxygen atoms in total. The molecule has 0 saturated carbocycles. The van der Waals surface area contributed by atoms with E-state index >= 15 is 0 Å². The second-order valence-corrected chi connectivity index (χ2v) is 9.88. The minimum atomic E-state index is -1.56. The number of ether oxygens (including phenoxy) is 3. The molecule has 180 valence electrons. The minimum absolute atomic E-state index is 0.0577. The number of rotatable bonds is 5. The predicted molar refractivity (Wildman–Crippen MR) is 131 cm³/mol. The van der Waals surface area contributed by atoms with Crippen molar-refractivity contribution in [3.63, 3.8) is 0 Å². The van der Waals surface area contributed by atoms with Crippen molar-refractivity contribution in [2.24, 2.45) is 10.8 Å². The average Bonchev–Trinajstić information content (AvgIpc) is 3.17. The first kappa shape index (κ1) is 24.2. The fourth-order valence-electron chi connectivity index (χ4n) is 5.39. The molecule has 7 heteroatoms. The Morgan fingerprint density at radius 3 is 2.11 bits per heavy atom. The minimum Gasteiger partial charge on any atom is -0.493 e. The van der Waals surface area contributed by atoms with Gasteiger partial charge in [0.25, 0.3) is 0 Å². The largest absolute Gasteiger partial charge is 0.493 e. The number of Topliss-reactive ketones (excluding diaryl/α,β-unsaturated/α-hetero) is 1. The molecular formula is C28H29N3O4. The van der Waals surface area contributed by atoms with Gasteiger partial charge in [-0.25, -0.2) is 0 Å². The van der Waals surface area contributed by atoms with Crippen molar-refractivity contribution in [2.75, 3.05) is 21.3 Å². The smallest absolute Gasteiger partial charge is 0.203 e. The maximum absolute atomic E-state index is 14.0. The summed E-state index contributed by atoms with van der Waals surface area (Å²) in [6.45, 7) is 5.57. The topological polar surface area (TPSA) is 95.6 Å². The number of ketones is 1. The van der Waals surface area contributed by atoms with Crippen LogP contribution in [0.25, 0.3) is 6.08 Å². The predicted octanol–water partition coefficient (Wildman–Crippen LogP) is 4.85. The molecule has 0 aromatic heterocycles. The second-order valence-electron chi connectivity index (χ2n) is 9.88. The average molecular weight is 472 g/mol. The van der Waals surface area contributed by atoms with Crippen molar-refractivity contribution in [2.45, 2.75) is 38.8 Å². The number of nitrogens with zero attached hydrogens (tertiary/aromatic N) is 3. The van der Waals surface area contributed by atoms with E-state index < -0.39 is 28.8 Å². The van der Waals surface area contributed by atoms with Crippen LogP contribution in [0.5, 0.6) is 17.2 Å². The zero-order chi connectivity index (χ0) is 25.5. The lowest BCUT2D eigenvalue weighted by Gasteiger charge is -2.36. The summed E-state index contributed by atoms with van der Waals surface area (Å²) < 4.78 is 16.6. The lowest BCUT2D eigenvalue weighted by molar-refractivity contribution is -0.130. The van der Waals surface area contributed by atoms with Crippen molar-refractivity contribution >= 4 is 11.9 Å². The standard InChI is InChI=1S/C28H29N3O4/c1-27(2,3)26(32)23-22(18-13-20(33-4)24(35-6)21(14-18)34-5)28(15-29,16-30)25-19-10-8-7-9-17(19)11-12-31(23)25/h7-14,22-23,25H,1-6H3/t22-,23+,25+/m1/s1. The number of benzene rings is 2. The third-order valence-corrected chi connectivity index (χ3v) is 7.00. The van der Waals surface area contributed by atoms with Gasteiger partial charge in [-0.05, 0) is 34.9 Å². The van der Waals surface area contributed by atoms with Crippen LogP contribution < -0.4 is 14.2 Å². The lowest BCUT2D eigenvalue weighted by Crippen LogP contribution is -2.43. The van der Waals surface area contributed by atoms with Crippen LogP contribution >= 0.6 is 0 Å². The van der Waals surface area contributed by atoms with Gasteiger partial charge in [0.05, 0.1) is 45.6 Å². The highest BCUT2D eigenvalue weighted by atomic mass is 16.5. The Labute approximate surface area is 206 Å². The van der Waals surface area contributed by atoms with E-state index in [9.17, 15) is 15.3 Å². The second kappa shape index (κ2) is 8.67. The van der Waals surface area contributed by atoms with Gasteiger partial charge in [-0.15, -0.1) is 0 Å². The Bertz CT molecular complexity index is 1240. The fraction of sp³-hybridized carbons (Fsp3) is 0.393. The highest BCUT2D eigenvalue weighted by Crippen LogP contribution is 2.61. The van der Waals surface area contributed by atoms with Gasteiger partial charge in [0.2, 0.25) is 5.75 Å². The van der Waals surface area contributed by atoms with E-state index in [-0.39, 0.29) is 5.78 Å². The molecule has 0 spiro atoms. The van der Waals surface area contributed by atoms with Crippen molar-refractivity contribution in [3.8, 4) is 29.4 Å². The van der Waals surface area contributed by atoms with E-state index in [2.05, 4.69) is 12.1 Å². The van der Waals surface area contributed by atoms with Crippen molar-refractivity contribution in [1.82, 2.24) is 4.90 Å². The summed E-state index contributed by atoms with van der Waals surface area (Å²) in [7, 11) is 4.54. The molecule has 2 aromatic rings. The lowest BCUT2D eigenvalue weighted by atomic mass is 9.66. The van der Waals surface area contributed by atoms with Crippen molar-refractivity contribution in [1.29, 1.82) is 10.5 Å². The molecule has 4 rings (SSSR count). The zero-order valence-electron chi connectivity index (χ0n) is 20.8. The van der Waals surface area contributed by atoms with Crippen LogP contribution in [0.3, 0.4) is 0 Å². The van der Waals surface area contributed by atoms with E-state index in [0.717, 1.165) is 11.1 Å². The monoisotopic (exact) mass is 471 g/mol. The number of carbonyl (C=O) groups excluding carboxylic acids is 1. The third kappa shape index (κ3) is 3.51. The first-order chi connectivity index (χ1) is 16.7. The van der Waals surface area contributed by atoms with Gasteiger partial charge in [0.1, 0.15) is 0 Å². The summed E-state index contributed by atoms with van der Waals surface area (Å²) in [6.07, 6.45) is 3.79. The Morgan fingerprint density at radius 2 is 1.60 bits per heavy atom. The van der Waals surface area contributed by atoms with Crippen LogP contribution in [0.2, 0.25) is 0 Å². The Morgan fingerprint density at radius 1 is 1.00 bits per heavy atom.